The fraction of sp³-hybridized carbons (Fsp3) is 1.00. The van der Waals surface area contributed by atoms with Crippen LogP contribution < -0.4 is 5.32 Å². The summed E-state index contributed by atoms with van der Waals surface area (Å²) in [5, 5.41) is 4.44. The number of rotatable bonds is 4. The van der Waals surface area contributed by atoms with Crippen molar-refractivity contribution in [3.8, 4) is 0 Å². The quantitative estimate of drug-likeness (QED) is 0.742. The molecule has 1 N–H and O–H groups in total. The third-order valence-corrected chi connectivity index (χ3v) is 3.95. The number of hydrogen-bond donors (Lipinski definition) is 1. The predicted octanol–water partition coefficient (Wildman–Crippen LogP) is 1.42. The van der Waals surface area contributed by atoms with Gasteiger partial charge in [-0.15, -0.1) is 0 Å². The van der Waals surface area contributed by atoms with Gasteiger partial charge in [-0.05, 0) is 32.7 Å². The van der Waals surface area contributed by atoms with Gasteiger partial charge < -0.3 is 10.2 Å². The van der Waals surface area contributed by atoms with Crippen molar-refractivity contribution in [3.05, 3.63) is 0 Å². The van der Waals surface area contributed by atoms with Gasteiger partial charge in [-0.25, -0.2) is 0 Å². The van der Waals surface area contributed by atoms with Crippen LogP contribution >= 0.6 is 11.8 Å². The van der Waals surface area contributed by atoms with Crippen molar-refractivity contribution in [1.82, 2.24) is 10.2 Å². The molecule has 0 aliphatic carbocycles. The third-order valence-electron chi connectivity index (χ3n) is 2.57. The van der Waals surface area contributed by atoms with Crippen molar-refractivity contribution in [3.63, 3.8) is 0 Å². The summed E-state index contributed by atoms with van der Waals surface area (Å²) in [5.41, 5.74) is 0. The van der Waals surface area contributed by atoms with Crippen LogP contribution in [0.4, 0.5) is 0 Å². The van der Waals surface area contributed by atoms with Crippen LogP contribution in [0.3, 0.4) is 0 Å². The average molecular weight is 202 g/mol. The van der Waals surface area contributed by atoms with Crippen molar-refractivity contribution in [2.75, 3.05) is 32.9 Å². The van der Waals surface area contributed by atoms with Crippen LogP contribution in [0.5, 0.6) is 0 Å². The van der Waals surface area contributed by atoms with Crippen LogP contribution in [0.15, 0.2) is 0 Å². The molecule has 3 heteroatoms. The molecule has 13 heavy (non-hydrogen) atoms. The van der Waals surface area contributed by atoms with E-state index in [9.17, 15) is 0 Å². The molecule has 0 saturated carbocycles. The van der Waals surface area contributed by atoms with Gasteiger partial charge in [0.1, 0.15) is 0 Å². The Balaban J connectivity index is 2.11. The molecule has 1 rings (SSSR count). The third kappa shape index (κ3) is 4.34. The molecule has 0 radical (unpaired) electrons. The predicted molar refractivity (Wildman–Crippen MR) is 61.5 cm³/mol. The first-order valence-electron chi connectivity index (χ1n) is 5.20. The first-order chi connectivity index (χ1) is 6.20. The lowest BCUT2D eigenvalue weighted by atomic mass is 10.1. The van der Waals surface area contributed by atoms with Crippen molar-refractivity contribution >= 4 is 11.8 Å². The number of thioether (sulfide) groups is 1. The molecule has 0 amide bonds. The molecule has 2 unspecified atom stereocenters. The number of hydrogen-bond acceptors (Lipinski definition) is 3. The van der Waals surface area contributed by atoms with Crippen LogP contribution in [0.1, 0.15) is 19.8 Å². The van der Waals surface area contributed by atoms with Crippen LogP contribution in [0.2, 0.25) is 0 Å². The smallest absolute Gasteiger partial charge is 0.0184 e. The normalized spacial score (nSPS) is 29.5. The Kier molecular flexibility index (Phi) is 5.14. The van der Waals surface area contributed by atoms with Crippen LogP contribution in [-0.2, 0) is 0 Å². The maximum Gasteiger partial charge on any atom is 0.0184 e. The summed E-state index contributed by atoms with van der Waals surface area (Å²) in [5.74, 6) is 1.35. The Morgan fingerprint density at radius 2 is 2.23 bits per heavy atom. The summed E-state index contributed by atoms with van der Waals surface area (Å²) in [6.07, 6.45) is 2.75. The highest BCUT2D eigenvalue weighted by atomic mass is 32.2. The summed E-state index contributed by atoms with van der Waals surface area (Å²) < 4.78 is 0. The molecule has 78 valence electrons. The second kappa shape index (κ2) is 5.89. The molecule has 1 fully saturated rings. The van der Waals surface area contributed by atoms with Crippen molar-refractivity contribution < 1.29 is 0 Å². The van der Waals surface area contributed by atoms with E-state index in [1.807, 2.05) is 0 Å². The second-order valence-electron chi connectivity index (χ2n) is 4.08. The Labute approximate surface area is 86.5 Å². The molecule has 0 spiro atoms. The van der Waals surface area contributed by atoms with Crippen molar-refractivity contribution in [2.45, 2.75) is 31.1 Å². The van der Waals surface area contributed by atoms with Crippen LogP contribution in [0, 0.1) is 0 Å². The Hall–Kier alpha value is 0.270. The van der Waals surface area contributed by atoms with E-state index >= 15 is 0 Å². The largest absolute Gasteiger partial charge is 0.312 e. The topological polar surface area (TPSA) is 15.3 Å². The minimum absolute atomic E-state index is 0.749. The maximum atomic E-state index is 3.64. The standard InChI is InChI=1S/C10H22N2S/c1-9-10(5-4-8-13-9)11-6-7-12(2)3/h9-11H,4-8H2,1-3H3. The Morgan fingerprint density at radius 1 is 1.46 bits per heavy atom. The van der Waals surface area contributed by atoms with Crippen molar-refractivity contribution in [1.29, 1.82) is 0 Å². The zero-order valence-electron chi connectivity index (χ0n) is 9.05. The molecule has 1 saturated heterocycles. The highest BCUT2D eigenvalue weighted by Gasteiger charge is 2.20. The van der Waals surface area contributed by atoms with E-state index in [2.05, 4.69) is 43.0 Å². The zero-order chi connectivity index (χ0) is 9.68. The van der Waals surface area contributed by atoms with Gasteiger partial charge in [0.15, 0.2) is 0 Å². The number of likely N-dealkylation sites (N-methyl/N-ethyl adjacent to an activating group) is 1. The molecule has 0 aromatic rings. The lowest BCUT2D eigenvalue weighted by Crippen LogP contribution is -2.42. The maximum absolute atomic E-state index is 3.64. The molecule has 0 aromatic heterocycles. The van der Waals surface area contributed by atoms with Gasteiger partial charge >= 0.3 is 0 Å². The first-order valence-corrected chi connectivity index (χ1v) is 6.24. The summed E-state index contributed by atoms with van der Waals surface area (Å²) >= 11 is 2.11. The van der Waals surface area contributed by atoms with E-state index < -0.39 is 0 Å². The van der Waals surface area contributed by atoms with Crippen LogP contribution in [-0.4, -0.2) is 49.1 Å². The molecule has 1 heterocycles. The summed E-state index contributed by atoms with van der Waals surface area (Å²) in [6.45, 7) is 4.62. The molecule has 2 atom stereocenters. The summed E-state index contributed by atoms with van der Waals surface area (Å²) in [7, 11) is 4.25. The Morgan fingerprint density at radius 3 is 2.85 bits per heavy atom. The van der Waals surface area contributed by atoms with Gasteiger partial charge in [0.25, 0.3) is 0 Å². The minimum Gasteiger partial charge on any atom is -0.312 e. The SMILES string of the molecule is CC1SCCCC1NCCN(C)C. The van der Waals surface area contributed by atoms with E-state index in [4.69, 9.17) is 0 Å². The van der Waals surface area contributed by atoms with Crippen LogP contribution in [0.25, 0.3) is 0 Å². The van der Waals surface area contributed by atoms with Gasteiger partial charge in [-0.2, -0.15) is 11.8 Å². The van der Waals surface area contributed by atoms with E-state index in [1.54, 1.807) is 0 Å². The molecule has 1 aliphatic heterocycles. The van der Waals surface area contributed by atoms with Gasteiger partial charge in [-0.1, -0.05) is 6.92 Å². The second-order valence-corrected chi connectivity index (χ2v) is 5.57. The fourth-order valence-corrected chi connectivity index (χ4v) is 2.83. The molecular weight excluding hydrogens is 180 g/mol. The minimum atomic E-state index is 0.749. The lowest BCUT2D eigenvalue weighted by molar-refractivity contribution is 0.373. The van der Waals surface area contributed by atoms with E-state index in [0.29, 0.717) is 0 Å². The summed E-state index contributed by atoms with van der Waals surface area (Å²) in [4.78, 5) is 2.23. The van der Waals surface area contributed by atoms with E-state index in [-0.39, 0.29) is 0 Å². The van der Waals surface area contributed by atoms with Gasteiger partial charge in [0.05, 0.1) is 0 Å². The highest BCUT2D eigenvalue weighted by molar-refractivity contribution is 7.99. The monoisotopic (exact) mass is 202 g/mol. The number of nitrogens with one attached hydrogen (secondary N) is 1. The fourth-order valence-electron chi connectivity index (χ4n) is 1.66. The average Bonchev–Trinajstić information content (AvgIpc) is 2.08. The first kappa shape index (κ1) is 11.3. The molecule has 1 aliphatic rings. The zero-order valence-corrected chi connectivity index (χ0v) is 9.86. The highest BCUT2D eigenvalue weighted by Crippen LogP contribution is 2.24. The van der Waals surface area contributed by atoms with Gasteiger partial charge in [0, 0.05) is 24.4 Å². The molecule has 0 bridgehead atoms. The van der Waals surface area contributed by atoms with Gasteiger partial charge in [-0.3, -0.25) is 0 Å². The Bertz CT molecular complexity index is 139. The van der Waals surface area contributed by atoms with Gasteiger partial charge in [0.2, 0.25) is 0 Å². The van der Waals surface area contributed by atoms with E-state index in [0.717, 1.165) is 24.4 Å². The summed E-state index contributed by atoms with van der Waals surface area (Å²) in [6, 6.07) is 0.749. The van der Waals surface area contributed by atoms with Crippen molar-refractivity contribution in [2.24, 2.45) is 0 Å². The molecular formula is C10H22N2S. The molecule has 0 aromatic carbocycles. The molecule has 2 nitrogen and oxygen atoms in total. The number of nitrogens with zero attached hydrogens (tertiary/aromatic N) is 1. The van der Waals surface area contributed by atoms with E-state index in [1.165, 1.54) is 18.6 Å². The lowest BCUT2D eigenvalue weighted by Gasteiger charge is -2.29.